The van der Waals surface area contributed by atoms with Gasteiger partial charge in [0.05, 0.1) is 15.2 Å². The molecule has 0 bridgehead atoms. The zero-order valence-electron chi connectivity index (χ0n) is 25.5. The van der Waals surface area contributed by atoms with Gasteiger partial charge in [0.25, 0.3) is 0 Å². The molecule has 0 aromatic rings. The third kappa shape index (κ3) is 18.8. The summed E-state index contributed by atoms with van der Waals surface area (Å²) in [5.74, 6) is 0. The van der Waals surface area contributed by atoms with Crippen LogP contribution in [-0.2, 0) is 0 Å². The Bertz CT molecular complexity index is 450. The molecule has 0 nitrogen and oxygen atoms in total. The van der Waals surface area contributed by atoms with E-state index in [9.17, 15) is 0 Å². The van der Waals surface area contributed by atoms with Crippen LogP contribution >= 0.6 is 0 Å². The summed E-state index contributed by atoms with van der Waals surface area (Å²) in [6.07, 6.45) is 0. The van der Waals surface area contributed by atoms with Crippen LogP contribution in [-0.4, -0.2) is 66.6 Å². The molecule has 0 atom stereocenters. The zero-order valence-corrected chi connectivity index (χ0v) is 33.6. The Morgan fingerprint density at radius 2 is 0.581 bits per heavy atom. The second-order valence-electron chi connectivity index (χ2n) is 14.5. The largest absolute Gasteiger partial charge is 0.0709 e. The third-order valence-corrected chi connectivity index (χ3v) is 46.7. The standard InChI is InChI=1S/C12H30Si4.2C6H15Si.Ge/c1-11(2,3)15(7,8)13-14-16(9,10)12(4,5)6;2*1-6(2,3)7(4)5;/h1-10H3;2*1-5H3;. The second kappa shape index (κ2) is 14.4. The fraction of sp³-hybridized carbons (Fsp3) is 1.00. The van der Waals surface area contributed by atoms with Gasteiger partial charge >= 0.3 is 0 Å². The molecule has 0 aliphatic rings. The molecule has 0 aliphatic heterocycles. The Kier molecular flexibility index (Phi) is 18.6. The van der Waals surface area contributed by atoms with Crippen LogP contribution in [0.4, 0.5) is 0 Å². The van der Waals surface area contributed by atoms with Crippen LogP contribution in [0.25, 0.3) is 0 Å². The minimum Gasteiger partial charge on any atom is -0.0709 e. The van der Waals surface area contributed by atoms with Crippen LogP contribution in [0.2, 0.25) is 72.5 Å². The maximum Gasteiger partial charge on any atom is 0.0584 e. The molecule has 8 radical (unpaired) electrons. The molecular formula is C24H60GeSi6. The molecule has 0 heterocycles. The van der Waals surface area contributed by atoms with Gasteiger partial charge < -0.3 is 0 Å². The summed E-state index contributed by atoms with van der Waals surface area (Å²) in [5, 5.41) is 2.34. The predicted octanol–water partition coefficient (Wildman–Crippen LogP) is 9.02. The van der Waals surface area contributed by atoms with Crippen molar-refractivity contribution in [3.63, 3.8) is 0 Å². The first-order valence-electron chi connectivity index (χ1n) is 11.8. The van der Waals surface area contributed by atoms with Crippen LogP contribution in [0, 0.1) is 0 Å². The van der Waals surface area contributed by atoms with E-state index in [0.29, 0.717) is 20.2 Å². The average Bonchev–Trinajstić information content (AvgIpc) is 2.42. The molecule has 0 aromatic carbocycles. The fourth-order valence-corrected chi connectivity index (χ4v) is 35.4. The van der Waals surface area contributed by atoms with Crippen molar-refractivity contribution in [3.8, 4) is 0 Å². The summed E-state index contributed by atoms with van der Waals surface area (Å²) in [5.41, 5.74) is 0. The van der Waals surface area contributed by atoms with E-state index in [1.54, 1.807) is 0 Å². The van der Waals surface area contributed by atoms with Crippen molar-refractivity contribution in [1.29, 1.82) is 0 Å². The number of hydrogen-bond acceptors (Lipinski definition) is 0. The molecule has 0 saturated heterocycles. The summed E-state index contributed by atoms with van der Waals surface area (Å²) in [4.78, 5) is 0. The Hall–Kier alpha value is 1.84. The average molecular weight is 590 g/mol. The van der Waals surface area contributed by atoms with E-state index >= 15 is 0 Å². The summed E-state index contributed by atoms with van der Waals surface area (Å²) in [7, 11) is 0.390. The van der Waals surface area contributed by atoms with E-state index in [-0.39, 0.29) is 35.2 Å². The van der Waals surface area contributed by atoms with Crippen LogP contribution in [0.3, 0.4) is 0 Å². The molecule has 0 N–H and O–H groups in total. The maximum absolute atomic E-state index is 2.59. The molecule has 0 fully saturated rings. The molecule has 7 heteroatoms. The molecule has 0 spiro atoms. The minimum atomic E-state index is -1.02. The van der Waals surface area contributed by atoms with E-state index in [1.165, 1.54) is 16.3 Å². The Labute approximate surface area is 221 Å². The van der Waals surface area contributed by atoms with Gasteiger partial charge in [-0.1, -0.05) is 135 Å². The monoisotopic (exact) mass is 590 g/mol. The Balaban J connectivity index is -0.000000202. The van der Waals surface area contributed by atoms with Gasteiger partial charge in [-0.15, -0.1) is 0 Å². The first-order valence-corrected chi connectivity index (χ1v) is 27.8. The van der Waals surface area contributed by atoms with Gasteiger partial charge in [-0.25, -0.2) is 0 Å². The molecule has 0 aliphatic carbocycles. The first-order chi connectivity index (χ1) is 12.6. The van der Waals surface area contributed by atoms with Gasteiger partial charge in [-0.3, -0.25) is 0 Å². The van der Waals surface area contributed by atoms with E-state index in [1.807, 2.05) is 0 Å². The molecular weight excluding hydrogens is 529 g/mol. The summed E-state index contributed by atoms with van der Waals surface area (Å²) >= 11 is 0. The van der Waals surface area contributed by atoms with Crippen molar-refractivity contribution < 1.29 is 0 Å². The van der Waals surface area contributed by atoms with Crippen molar-refractivity contribution in [2.45, 2.75) is 156 Å². The zero-order chi connectivity index (χ0) is 25.6. The molecule has 0 aromatic heterocycles. The Morgan fingerprint density at radius 3 is 0.645 bits per heavy atom. The van der Waals surface area contributed by atoms with Gasteiger partial charge in [0.15, 0.2) is 0 Å². The van der Waals surface area contributed by atoms with Crippen molar-refractivity contribution >= 4 is 66.6 Å². The van der Waals surface area contributed by atoms with E-state index in [0.717, 1.165) is 0 Å². The minimum absolute atomic E-state index is 0. The summed E-state index contributed by atoms with van der Waals surface area (Å²) < 4.78 is 0. The maximum atomic E-state index is 2.59. The Morgan fingerprint density at radius 1 is 0.452 bits per heavy atom. The van der Waals surface area contributed by atoms with Crippen LogP contribution in [0.15, 0.2) is 0 Å². The third-order valence-electron chi connectivity index (χ3n) is 7.44. The molecule has 0 saturated carbocycles. The fourth-order valence-electron chi connectivity index (χ4n) is 0.688. The molecule has 31 heavy (non-hydrogen) atoms. The summed E-state index contributed by atoms with van der Waals surface area (Å²) in [6, 6.07) is 0. The van der Waals surface area contributed by atoms with Gasteiger partial charge in [0.2, 0.25) is 0 Å². The molecule has 0 rings (SSSR count). The van der Waals surface area contributed by atoms with Crippen LogP contribution in [0.5, 0.6) is 0 Å². The molecule has 0 unspecified atom stereocenters. The SMILES string of the molecule is CC(C)(C)[Si](C)(C)[Si]=[Si][Si](C)(C)C(C)(C)C.C[Si](C)C(C)(C)C.C[Si](C)C(C)(C)C.[Ge]. The van der Waals surface area contributed by atoms with Crippen molar-refractivity contribution in [2.75, 3.05) is 0 Å². The van der Waals surface area contributed by atoms with Gasteiger partial charge in [-0.2, -0.15) is 0 Å². The number of hydrogen-bond donors (Lipinski definition) is 0. The topological polar surface area (TPSA) is 0 Å². The van der Waals surface area contributed by atoms with E-state index in [4.69, 9.17) is 0 Å². The quantitative estimate of drug-likeness (QED) is 0.282. The number of rotatable bonds is 2. The molecule has 184 valence electrons. The van der Waals surface area contributed by atoms with Crippen LogP contribution in [0.1, 0.15) is 83.1 Å². The van der Waals surface area contributed by atoms with Crippen molar-refractivity contribution in [2.24, 2.45) is 0 Å². The first kappa shape index (κ1) is 40.0. The predicted molar refractivity (Wildman–Crippen MR) is 166 cm³/mol. The van der Waals surface area contributed by atoms with Gasteiger partial charge in [0, 0.05) is 35.2 Å². The van der Waals surface area contributed by atoms with Crippen LogP contribution < -0.4 is 0 Å². The van der Waals surface area contributed by atoms with E-state index in [2.05, 4.69) is 135 Å². The van der Waals surface area contributed by atoms with Crippen molar-refractivity contribution in [3.05, 3.63) is 0 Å². The normalized spacial score (nSPS) is 14.0. The second-order valence-corrected chi connectivity index (χ2v) is 45.0. The smallest absolute Gasteiger partial charge is 0.0584 e. The van der Waals surface area contributed by atoms with Gasteiger partial charge in [0.1, 0.15) is 0 Å². The summed E-state index contributed by atoms with van der Waals surface area (Å²) in [6.45, 7) is 48.3. The van der Waals surface area contributed by atoms with E-state index < -0.39 is 15.2 Å². The molecule has 0 amide bonds. The van der Waals surface area contributed by atoms with Gasteiger partial charge in [-0.05, 0) is 36.4 Å². The van der Waals surface area contributed by atoms with Crippen molar-refractivity contribution in [1.82, 2.24) is 0 Å².